The summed E-state index contributed by atoms with van der Waals surface area (Å²) < 4.78 is 6.92. The minimum Gasteiger partial charge on any atom is -0.497 e. The number of methoxy groups -OCH3 is 1. The van der Waals surface area contributed by atoms with Gasteiger partial charge in [-0.05, 0) is 24.3 Å². The van der Waals surface area contributed by atoms with Crippen molar-refractivity contribution in [3.8, 4) is 5.75 Å². The molecule has 7 heteroatoms. The first-order valence-corrected chi connectivity index (χ1v) is 7.62. The SMILES string of the molecule is COc1ccc(Nc2c(C(C)(C)C)nc3c(C(N)=O)c[nH]n23)cc1. The average Bonchev–Trinajstić information content (AvgIpc) is 3.08. The molecule has 126 valence electrons. The molecule has 2 aromatic heterocycles. The van der Waals surface area contributed by atoms with Gasteiger partial charge in [-0.3, -0.25) is 9.89 Å². The number of hydrogen-bond donors (Lipinski definition) is 3. The Hall–Kier alpha value is -2.96. The Labute approximate surface area is 139 Å². The average molecular weight is 327 g/mol. The Balaban J connectivity index is 2.11. The van der Waals surface area contributed by atoms with E-state index in [2.05, 4.69) is 36.2 Å². The molecule has 0 radical (unpaired) electrons. The second kappa shape index (κ2) is 5.59. The smallest absolute Gasteiger partial charge is 0.254 e. The summed E-state index contributed by atoms with van der Waals surface area (Å²) in [5.41, 5.74) is 7.83. The van der Waals surface area contributed by atoms with Gasteiger partial charge in [-0.15, -0.1) is 0 Å². The van der Waals surface area contributed by atoms with E-state index >= 15 is 0 Å². The van der Waals surface area contributed by atoms with Crippen molar-refractivity contribution in [1.82, 2.24) is 14.6 Å². The number of fused-ring (bicyclic) bond motifs is 1. The van der Waals surface area contributed by atoms with Crippen LogP contribution in [-0.2, 0) is 5.41 Å². The van der Waals surface area contributed by atoms with Crippen molar-refractivity contribution in [2.45, 2.75) is 26.2 Å². The molecule has 0 saturated carbocycles. The number of primary amides is 1. The van der Waals surface area contributed by atoms with Gasteiger partial charge in [0.1, 0.15) is 11.3 Å². The highest BCUT2D eigenvalue weighted by Gasteiger charge is 2.27. The fourth-order valence-corrected chi connectivity index (χ4v) is 2.55. The fourth-order valence-electron chi connectivity index (χ4n) is 2.55. The largest absolute Gasteiger partial charge is 0.497 e. The third-order valence-electron chi connectivity index (χ3n) is 3.78. The molecule has 4 N–H and O–H groups in total. The van der Waals surface area contributed by atoms with Gasteiger partial charge in [0, 0.05) is 17.3 Å². The van der Waals surface area contributed by atoms with Crippen LogP contribution >= 0.6 is 0 Å². The number of nitrogens with one attached hydrogen (secondary N) is 2. The number of benzene rings is 1. The summed E-state index contributed by atoms with van der Waals surface area (Å²) in [7, 11) is 1.63. The molecular formula is C17H21N5O2. The van der Waals surface area contributed by atoms with E-state index in [1.54, 1.807) is 17.8 Å². The monoisotopic (exact) mass is 327 g/mol. The number of nitrogens with zero attached hydrogens (tertiary/aromatic N) is 2. The maximum atomic E-state index is 11.6. The number of imidazole rings is 1. The molecule has 1 aromatic carbocycles. The van der Waals surface area contributed by atoms with Crippen LogP contribution in [0.4, 0.5) is 11.5 Å². The summed E-state index contributed by atoms with van der Waals surface area (Å²) in [4.78, 5) is 16.2. The highest BCUT2D eigenvalue weighted by Crippen LogP contribution is 2.33. The lowest BCUT2D eigenvalue weighted by Gasteiger charge is -2.18. The topological polar surface area (TPSA) is 97.4 Å². The highest BCUT2D eigenvalue weighted by molar-refractivity contribution is 5.99. The van der Waals surface area contributed by atoms with E-state index in [4.69, 9.17) is 10.5 Å². The number of nitrogens with two attached hydrogens (primary N) is 1. The summed E-state index contributed by atoms with van der Waals surface area (Å²) in [5.74, 6) is 1.05. The zero-order chi connectivity index (χ0) is 17.5. The van der Waals surface area contributed by atoms with Crippen molar-refractivity contribution in [3.05, 3.63) is 41.7 Å². The van der Waals surface area contributed by atoms with Crippen molar-refractivity contribution < 1.29 is 9.53 Å². The molecule has 24 heavy (non-hydrogen) atoms. The molecule has 0 bridgehead atoms. The van der Waals surface area contributed by atoms with Gasteiger partial charge in [-0.1, -0.05) is 20.8 Å². The molecule has 0 unspecified atom stereocenters. The van der Waals surface area contributed by atoms with Crippen molar-refractivity contribution in [3.63, 3.8) is 0 Å². The van der Waals surface area contributed by atoms with Crippen LogP contribution in [-0.4, -0.2) is 27.6 Å². The summed E-state index contributed by atoms with van der Waals surface area (Å²) in [6.45, 7) is 6.20. The Morgan fingerprint density at radius 2 is 1.96 bits per heavy atom. The lowest BCUT2D eigenvalue weighted by molar-refractivity contribution is 0.100. The van der Waals surface area contributed by atoms with Crippen LogP contribution in [0.2, 0.25) is 0 Å². The number of amides is 1. The molecular weight excluding hydrogens is 306 g/mol. The Kier molecular flexibility index (Phi) is 3.71. The van der Waals surface area contributed by atoms with E-state index in [1.807, 2.05) is 24.3 Å². The zero-order valence-corrected chi connectivity index (χ0v) is 14.2. The molecule has 0 spiro atoms. The van der Waals surface area contributed by atoms with E-state index in [1.165, 1.54) is 0 Å². The Morgan fingerprint density at radius 1 is 1.29 bits per heavy atom. The predicted molar refractivity (Wildman–Crippen MR) is 93.0 cm³/mol. The van der Waals surface area contributed by atoms with Gasteiger partial charge in [0.15, 0.2) is 11.5 Å². The van der Waals surface area contributed by atoms with E-state index in [-0.39, 0.29) is 5.41 Å². The molecule has 0 aliphatic rings. The number of carbonyl (C=O) groups is 1. The summed E-state index contributed by atoms with van der Waals surface area (Å²) >= 11 is 0. The third kappa shape index (κ3) is 2.68. The Bertz CT molecular complexity index is 884. The lowest BCUT2D eigenvalue weighted by atomic mass is 9.92. The summed E-state index contributed by atoms with van der Waals surface area (Å²) in [5, 5.41) is 6.41. The molecule has 2 heterocycles. The molecule has 0 saturated heterocycles. The molecule has 3 rings (SSSR count). The van der Waals surface area contributed by atoms with E-state index in [0.29, 0.717) is 11.2 Å². The number of aromatic amines is 1. The van der Waals surface area contributed by atoms with Gasteiger partial charge in [0.25, 0.3) is 5.91 Å². The third-order valence-corrected chi connectivity index (χ3v) is 3.78. The molecule has 0 atom stereocenters. The molecule has 7 nitrogen and oxygen atoms in total. The number of anilines is 2. The standard InChI is InChI=1S/C17H21N5O2/c1-17(2,3)13-16(20-10-5-7-11(24-4)8-6-10)22-15(21-13)12(9-19-22)14(18)23/h5-9,19-20H,1-4H3,(H2,18,23). The van der Waals surface area contributed by atoms with Crippen molar-refractivity contribution >= 4 is 23.1 Å². The molecule has 0 aliphatic carbocycles. The molecule has 3 aromatic rings. The number of aromatic nitrogens is 3. The minimum atomic E-state index is -0.511. The second-order valence-electron chi connectivity index (χ2n) is 6.62. The van der Waals surface area contributed by atoms with Crippen LogP contribution in [0.3, 0.4) is 0 Å². The first-order valence-electron chi connectivity index (χ1n) is 7.62. The van der Waals surface area contributed by atoms with Crippen LogP contribution in [0.1, 0.15) is 36.8 Å². The van der Waals surface area contributed by atoms with Crippen molar-refractivity contribution in [2.24, 2.45) is 5.73 Å². The first kappa shape index (κ1) is 15.9. The van der Waals surface area contributed by atoms with E-state index < -0.39 is 5.91 Å². The molecule has 0 aliphatic heterocycles. The van der Waals surface area contributed by atoms with Crippen LogP contribution in [0.25, 0.3) is 5.65 Å². The van der Waals surface area contributed by atoms with Gasteiger partial charge in [-0.25, -0.2) is 9.50 Å². The van der Waals surface area contributed by atoms with Gasteiger partial charge in [0.2, 0.25) is 0 Å². The minimum absolute atomic E-state index is 0.212. The Morgan fingerprint density at radius 3 is 2.50 bits per heavy atom. The van der Waals surface area contributed by atoms with Crippen LogP contribution in [0.5, 0.6) is 5.75 Å². The summed E-state index contributed by atoms with van der Waals surface area (Å²) in [6.07, 6.45) is 1.57. The van der Waals surface area contributed by atoms with Crippen molar-refractivity contribution in [2.75, 3.05) is 12.4 Å². The maximum Gasteiger partial charge on any atom is 0.254 e. The van der Waals surface area contributed by atoms with Gasteiger partial charge >= 0.3 is 0 Å². The van der Waals surface area contributed by atoms with E-state index in [9.17, 15) is 4.79 Å². The first-order chi connectivity index (χ1) is 11.3. The maximum absolute atomic E-state index is 11.6. The van der Waals surface area contributed by atoms with Crippen LogP contribution in [0, 0.1) is 0 Å². The number of rotatable bonds is 4. The van der Waals surface area contributed by atoms with E-state index in [0.717, 1.165) is 22.9 Å². The number of carbonyl (C=O) groups excluding carboxylic acids is 1. The van der Waals surface area contributed by atoms with Gasteiger partial charge < -0.3 is 15.8 Å². The predicted octanol–water partition coefficient (Wildman–Crippen LogP) is 2.81. The molecule has 1 amide bonds. The number of ether oxygens (including phenoxy) is 1. The van der Waals surface area contributed by atoms with Crippen LogP contribution in [0.15, 0.2) is 30.5 Å². The number of hydrogen-bond acceptors (Lipinski definition) is 4. The van der Waals surface area contributed by atoms with Gasteiger partial charge in [-0.2, -0.15) is 0 Å². The number of H-pyrrole nitrogens is 1. The highest BCUT2D eigenvalue weighted by atomic mass is 16.5. The zero-order valence-electron chi connectivity index (χ0n) is 14.2. The lowest BCUT2D eigenvalue weighted by Crippen LogP contribution is -2.15. The van der Waals surface area contributed by atoms with Gasteiger partial charge in [0.05, 0.1) is 12.8 Å². The second-order valence-corrected chi connectivity index (χ2v) is 6.62. The summed E-state index contributed by atoms with van der Waals surface area (Å²) in [6, 6.07) is 7.59. The van der Waals surface area contributed by atoms with Crippen LogP contribution < -0.4 is 15.8 Å². The molecule has 0 fully saturated rings. The normalized spacial score (nSPS) is 11.7. The van der Waals surface area contributed by atoms with Crippen molar-refractivity contribution in [1.29, 1.82) is 0 Å². The quantitative estimate of drug-likeness (QED) is 0.686. The fraction of sp³-hybridized carbons (Fsp3) is 0.294.